The van der Waals surface area contributed by atoms with Crippen LogP contribution in [0, 0.1) is 24.1 Å². The van der Waals surface area contributed by atoms with Gasteiger partial charge in [0, 0.05) is 25.0 Å². The van der Waals surface area contributed by atoms with Crippen molar-refractivity contribution in [2.75, 3.05) is 13.1 Å². The first-order chi connectivity index (χ1) is 17.3. The van der Waals surface area contributed by atoms with E-state index in [1.54, 1.807) is 17.0 Å². The molecule has 2 amide bonds. The first-order valence-corrected chi connectivity index (χ1v) is 11.7. The Morgan fingerprint density at radius 2 is 1.92 bits per heavy atom. The number of rotatable bonds is 5. The third-order valence-corrected chi connectivity index (χ3v) is 7.05. The molecule has 0 radical (unpaired) electrons. The van der Waals surface area contributed by atoms with Gasteiger partial charge in [0.15, 0.2) is 5.65 Å². The number of likely N-dealkylation sites (tertiary alicyclic amines) is 1. The van der Waals surface area contributed by atoms with E-state index in [0.717, 1.165) is 0 Å². The number of hydrogen-bond donors (Lipinski definition) is 2. The molecule has 0 unspecified atom stereocenters. The molecule has 1 aliphatic heterocycles. The Morgan fingerprint density at radius 3 is 2.58 bits per heavy atom. The lowest BCUT2D eigenvalue weighted by molar-refractivity contribution is -0.144. The van der Waals surface area contributed by atoms with Crippen molar-refractivity contribution in [3.05, 3.63) is 53.0 Å². The van der Waals surface area contributed by atoms with E-state index in [-0.39, 0.29) is 41.2 Å². The molecular weight excluding hydrogens is 467 g/mol. The zero-order chi connectivity index (χ0) is 25.4. The number of aliphatic hydroxyl groups is 1. The molecule has 0 bridgehead atoms. The highest BCUT2D eigenvalue weighted by Gasteiger charge is 2.41. The van der Waals surface area contributed by atoms with Crippen LogP contribution < -0.4 is 10.9 Å². The predicted molar refractivity (Wildman–Crippen MR) is 127 cm³/mol. The normalized spacial score (nSPS) is 21.0. The van der Waals surface area contributed by atoms with Gasteiger partial charge in [-0.15, -0.1) is 6.42 Å². The maximum Gasteiger partial charge on any atom is 0.295 e. The second kappa shape index (κ2) is 9.20. The van der Waals surface area contributed by atoms with Gasteiger partial charge in [-0.2, -0.15) is 5.10 Å². The first kappa shape index (κ1) is 23.7. The molecule has 0 atom stereocenters. The molecule has 3 aromatic rings. The van der Waals surface area contributed by atoms with Gasteiger partial charge in [0.2, 0.25) is 5.91 Å². The predicted octanol–water partition coefficient (Wildman–Crippen LogP) is 0.603. The summed E-state index contributed by atoms with van der Waals surface area (Å²) in [4.78, 5) is 43.2. The van der Waals surface area contributed by atoms with E-state index in [1.165, 1.54) is 33.9 Å². The maximum absolute atomic E-state index is 13.3. The number of fused-ring (bicyclic) bond motifs is 1. The number of carbonyl (C=O) groups is 2. The van der Waals surface area contributed by atoms with E-state index < -0.39 is 11.5 Å². The van der Waals surface area contributed by atoms with E-state index in [4.69, 9.17) is 6.42 Å². The van der Waals surface area contributed by atoms with E-state index in [0.29, 0.717) is 50.1 Å². The average molecular weight is 493 g/mol. The topological polar surface area (TPSA) is 122 Å². The van der Waals surface area contributed by atoms with Gasteiger partial charge >= 0.3 is 0 Å². The number of benzene rings is 1. The highest BCUT2D eigenvalue weighted by atomic mass is 19.1. The number of piperidine rings is 1. The fourth-order valence-electron chi connectivity index (χ4n) is 4.87. The SMILES string of the molecule is C#CC(=O)NC1CC(C(=O)N2CCC(O)(Cn3cnc4c(cnn4-c4ccc(F)cc4)c3=O)CC2)C1. The molecule has 186 valence electrons. The van der Waals surface area contributed by atoms with Crippen LogP contribution in [0.4, 0.5) is 4.39 Å². The lowest BCUT2D eigenvalue weighted by atomic mass is 9.78. The zero-order valence-corrected chi connectivity index (χ0v) is 19.4. The highest BCUT2D eigenvalue weighted by Crippen LogP contribution is 2.32. The van der Waals surface area contributed by atoms with Crippen LogP contribution in [-0.4, -0.2) is 65.9 Å². The van der Waals surface area contributed by atoms with Crippen LogP contribution in [0.15, 0.2) is 41.6 Å². The van der Waals surface area contributed by atoms with Crippen LogP contribution in [-0.2, 0) is 16.1 Å². The Kier molecular flexibility index (Phi) is 6.05. The molecule has 5 rings (SSSR count). The lowest BCUT2D eigenvalue weighted by Crippen LogP contribution is -2.54. The quantitative estimate of drug-likeness (QED) is 0.503. The van der Waals surface area contributed by atoms with Crippen molar-refractivity contribution >= 4 is 22.8 Å². The minimum atomic E-state index is -1.16. The minimum Gasteiger partial charge on any atom is -0.388 e. The maximum atomic E-state index is 13.3. The standard InChI is InChI=1S/C25H25FN6O4/c1-2-21(33)29-18-11-16(12-18)23(34)30-9-7-25(36,8-10-30)14-31-15-27-22-20(24(31)35)13-28-32(22)19-5-3-17(26)4-6-19/h1,3-6,13,15-16,18,36H,7-12,14H2,(H,29,33). The van der Waals surface area contributed by atoms with Crippen molar-refractivity contribution in [3.8, 4) is 18.0 Å². The van der Waals surface area contributed by atoms with Crippen molar-refractivity contribution in [2.24, 2.45) is 5.92 Å². The second-order valence-corrected chi connectivity index (χ2v) is 9.48. The van der Waals surface area contributed by atoms with E-state index in [9.17, 15) is 23.9 Å². The number of aromatic nitrogens is 4. The Labute approximate surface area is 205 Å². The second-order valence-electron chi connectivity index (χ2n) is 9.48. The Hall–Kier alpha value is -4.04. The largest absolute Gasteiger partial charge is 0.388 e. The molecule has 3 heterocycles. The van der Waals surface area contributed by atoms with Crippen LogP contribution >= 0.6 is 0 Å². The molecule has 36 heavy (non-hydrogen) atoms. The summed E-state index contributed by atoms with van der Waals surface area (Å²) in [5.74, 6) is 1.01. The van der Waals surface area contributed by atoms with Gasteiger partial charge < -0.3 is 15.3 Å². The van der Waals surface area contributed by atoms with Crippen molar-refractivity contribution in [1.82, 2.24) is 29.5 Å². The van der Waals surface area contributed by atoms with Gasteiger partial charge in [0.05, 0.1) is 24.0 Å². The van der Waals surface area contributed by atoms with Crippen molar-refractivity contribution in [2.45, 2.75) is 43.9 Å². The summed E-state index contributed by atoms with van der Waals surface area (Å²) in [6, 6.07) is 5.62. The number of halogens is 1. The molecule has 2 aromatic heterocycles. The smallest absolute Gasteiger partial charge is 0.295 e. The Morgan fingerprint density at radius 1 is 1.22 bits per heavy atom. The van der Waals surface area contributed by atoms with Crippen molar-refractivity contribution in [3.63, 3.8) is 0 Å². The number of hydrogen-bond acceptors (Lipinski definition) is 6. The van der Waals surface area contributed by atoms with Gasteiger partial charge in [-0.1, -0.05) is 0 Å². The van der Waals surface area contributed by atoms with E-state index in [1.807, 2.05) is 5.92 Å². The Balaban J connectivity index is 1.22. The fraction of sp³-hybridized carbons (Fsp3) is 0.400. The zero-order valence-electron chi connectivity index (χ0n) is 19.4. The van der Waals surface area contributed by atoms with Crippen LogP contribution in [0.2, 0.25) is 0 Å². The van der Waals surface area contributed by atoms with Crippen LogP contribution in [0.3, 0.4) is 0 Å². The monoisotopic (exact) mass is 492 g/mol. The summed E-state index contributed by atoms with van der Waals surface area (Å²) in [5.41, 5.74) is -0.587. The van der Waals surface area contributed by atoms with E-state index in [2.05, 4.69) is 15.4 Å². The number of terminal acetylenes is 1. The summed E-state index contributed by atoms with van der Waals surface area (Å²) in [6.45, 7) is 0.794. The molecule has 1 aromatic carbocycles. The molecule has 2 fully saturated rings. The van der Waals surface area contributed by atoms with Gasteiger partial charge in [0.1, 0.15) is 17.5 Å². The summed E-state index contributed by atoms with van der Waals surface area (Å²) >= 11 is 0. The van der Waals surface area contributed by atoms with E-state index >= 15 is 0 Å². The minimum absolute atomic E-state index is 0.0108. The summed E-state index contributed by atoms with van der Waals surface area (Å²) < 4.78 is 16.1. The lowest BCUT2D eigenvalue weighted by Gasteiger charge is -2.42. The molecule has 1 aliphatic carbocycles. The molecule has 0 spiro atoms. The first-order valence-electron chi connectivity index (χ1n) is 11.7. The van der Waals surface area contributed by atoms with Crippen LogP contribution in [0.1, 0.15) is 25.7 Å². The third kappa shape index (κ3) is 4.47. The molecule has 10 nitrogen and oxygen atoms in total. The summed E-state index contributed by atoms with van der Waals surface area (Å²) in [6.07, 6.45) is 9.60. The van der Waals surface area contributed by atoms with Gasteiger partial charge in [-0.25, -0.2) is 14.1 Å². The summed E-state index contributed by atoms with van der Waals surface area (Å²) in [5, 5.41) is 18.4. The summed E-state index contributed by atoms with van der Waals surface area (Å²) in [7, 11) is 0. The average Bonchev–Trinajstić information content (AvgIpc) is 3.28. The van der Waals surface area contributed by atoms with Crippen LogP contribution in [0.25, 0.3) is 16.7 Å². The number of amides is 2. The highest BCUT2D eigenvalue weighted by molar-refractivity contribution is 5.93. The van der Waals surface area contributed by atoms with Crippen molar-refractivity contribution < 1.29 is 19.1 Å². The van der Waals surface area contributed by atoms with Gasteiger partial charge in [-0.05, 0) is 55.9 Å². The van der Waals surface area contributed by atoms with Gasteiger partial charge in [0.25, 0.3) is 11.5 Å². The molecule has 2 N–H and O–H groups in total. The fourth-order valence-corrected chi connectivity index (χ4v) is 4.87. The van der Waals surface area contributed by atoms with Crippen molar-refractivity contribution in [1.29, 1.82) is 0 Å². The molecular formula is C25H25FN6O4. The number of carbonyl (C=O) groups excluding carboxylic acids is 2. The number of nitrogens with zero attached hydrogens (tertiary/aromatic N) is 5. The molecule has 1 saturated carbocycles. The van der Waals surface area contributed by atoms with Gasteiger partial charge in [-0.3, -0.25) is 19.0 Å². The molecule has 11 heteroatoms. The Bertz CT molecular complexity index is 1410. The third-order valence-electron chi connectivity index (χ3n) is 7.05. The number of nitrogens with one attached hydrogen (secondary N) is 1. The molecule has 1 saturated heterocycles. The van der Waals surface area contributed by atoms with Crippen LogP contribution in [0.5, 0.6) is 0 Å². The molecule has 2 aliphatic rings.